The maximum Gasteiger partial charge on any atom is 0.144 e. The van der Waals surface area contributed by atoms with Gasteiger partial charge in [-0.1, -0.05) is 24.3 Å². The average molecular weight is 266 g/mol. The number of aromatic nitrogens is 4. The molecule has 1 aliphatic heterocycles. The topological polar surface area (TPSA) is 66.7 Å². The van der Waals surface area contributed by atoms with Crippen LogP contribution in [0.25, 0.3) is 11.3 Å². The Labute approximate surface area is 115 Å². The van der Waals surface area contributed by atoms with Gasteiger partial charge in [-0.15, -0.1) is 0 Å². The van der Waals surface area contributed by atoms with Gasteiger partial charge >= 0.3 is 0 Å². The van der Waals surface area contributed by atoms with Crippen molar-refractivity contribution in [3.63, 3.8) is 0 Å². The maximum atomic E-state index is 11.0. The van der Waals surface area contributed by atoms with Crippen molar-refractivity contribution in [2.24, 2.45) is 0 Å². The van der Waals surface area contributed by atoms with Gasteiger partial charge in [0, 0.05) is 18.0 Å². The Kier molecular flexibility index (Phi) is 2.17. The number of imidazole rings is 2. The van der Waals surface area contributed by atoms with E-state index in [2.05, 4.69) is 21.0 Å². The molecule has 0 amide bonds. The lowest BCUT2D eigenvalue weighted by Gasteiger charge is -2.30. The smallest absolute Gasteiger partial charge is 0.144 e. The van der Waals surface area contributed by atoms with Gasteiger partial charge in [0.1, 0.15) is 11.4 Å². The van der Waals surface area contributed by atoms with Crippen LogP contribution in [-0.2, 0) is 5.60 Å². The molecule has 0 bridgehead atoms. The van der Waals surface area contributed by atoms with E-state index in [1.54, 1.807) is 25.6 Å². The van der Waals surface area contributed by atoms with Crippen molar-refractivity contribution in [2.75, 3.05) is 0 Å². The van der Waals surface area contributed by atoms with E-state index in [1.165, 1.54) is 0 Å². The number of hydrogen-bond acceptors (Lipinski definition) is 3. The molecule has 1 aliphatic rings. The van der Waals surface area contributed by atoms with Crippen LogP contribution in [0.1, 0.15) is 24.4 Å². The molecule has 2 N–H and O–H groups in total. The molecule has 0 saturated heterocycles. The summed E-state index contributed by atoms with van der Waals surface area (Å²) in [5.74, 6) is 0.554. The highest BCUT2D eigenvalue weighted by atomic mass is 16.3. The molecule has 1 aromatic carbocycles. The zero-order valence-electron chi connectivity index (χ0n) is 11.0. The second kappa shape index (κ2) is 3.80. The van der Waals surface area contributed by atoms with Gasteiger partial charge in [0.15, 0.2) is 0 Å². The standard InChI is InChI=1S/C15H14N4O/c1-15(20,14-17-6-7-18-14)13-11-5-3-2-4-10(11)12-8-16-9-19(12)13/h2-9,13,20H,1H3,(H,17,18)/t13-,15-/m0/s1. The molecule has 5 nitrogen and oxygen atoms in total. The van der Waals surface area contributed by atoms with Gasteiger partial charge in [0.05, 0.1) is 24.3 Å². The molecule has 0 spiro atoms. The number of rotatable bonds is 2. The lowest BCUT2D eigenvalue weighted by Crippen LogP contribution is -2.34. The van der Waals surface area contributed by atoms with Crippen LogP contribution >= 0.6 is 0 Å². The minimum absolute atomic E-state index is 0.234. The molecule has 0 radical (unpaired) electrons. The molecule has 3 aromatic rings. The Morgan fingerprint density at radius 2 is 2.20 bits per heavy atom. The second-order valence-electron chi connectivity index (χ2n) is 5.26. The summed E-state index contributed by atoms with van der Waals surface area (Å²) in [5, 5.41) is 11.0. The van der Waals surface area contributed by atoms with Crippen LogP contribution in [0.3, 0.4) is 0 Å². The molecule has 3 heterocycles. The minimum Gasteiger partial charge on any atom is -0.380 e. The van der Waals surface area contributed by atoms with Crippen molar-refractivity contribution in [3.05, 3.63) is 60.6 Å². The fourth-order valence-electron chi connectivity index (χ4n) is 3.08. The van der Waals surface area contributed by atoms with Crippen molar-refractivity contribution >= 4 is 0 Å². The fourth-order valence-corrected chi connectivity index (χ4v) is 3.08. The number of nitrogens with one attached hydrogen (secondary N) is 1. The van der Waals surface area contributed by atoms with Gasteiger partial charge in [-0.2, -0.15) is 0 Å². The lowest BCUT2D eigenvalue weighted by molar-refractivity contribution is 0.0106. The Morgan fingerprint density at radius 3 is 3.00 bits per heavy atom. The summed E-state index contributed by atoms with van der Waals surface area (Å²) in [7, 11) is 0. The van der Waals surface area contributed by atoms with Gasteiger partial charge in [0.2, 0.25) is 0 Å². The van der Waals surface area contributed by atoms with Crippen LogP contribution in [0.5, 0.6) is 0 Å². The summed E-state index contributed by atoms with van der Waals surface area (Å²) < 4.78 is 2.01. The van der Waals surface area contributed by atoms with Crippen LogP contribution in [0.4, 0.5) is 0 Å². The van der Waals surface area contributed by atoms with E-state index in [9.17, 15) is 5.11 Å². The van der Waals surface area contributed by atoms with E-state index >= 15 is 0 Å². The predicted octanol–water partition coefficient (Wildman–Crippen LogP) is 2.08. The van der Waals surface area contributed by atoms with Crippen molar-refractivity contribution < 1.29 is 5.11 Å². The average Bonchev–Trinajstić information content (AvgIpc) is 3.15. The van der Waals surface area contributed by atoms with Crippen LogP contribution < -0.4 is 0 Å². The zero-order chi connectivity index (χ0) is 13.7. The van der Waals surface area contributed by atoms with E-state index < -0.39 is 5.60 Å². The Hall–Kier alpha value is -2.40. The van der Waals surface area contributed by atoms with Gasteiger partial charge in [0.25, 0.3) is 0 Å². The van der Waals surface area contributed by atoms with Crippen LogP contribution in [0.15, 0.2) is 49.2 Å². The Morgan fingerprint density at radius 1 is 1.35 bits per heavy atom. The van der Waals surface area contributed by atoms with Crippen molar-refractivity contribution in [2.45, 2.75) is 18.6 Å². The number of fused-ring (bicyclic) bond motifs is 3. The van der Waals surface area contributed by atoms with Crippen molar-refractivity contribution in [1.29, 1.82) is 0 Å². The van der Waals surface area contributed by atoms with E-state index in [0.717, 1.165) is 16.8 Å². The number of aliphatic hydroxyl groups is 1. The van der Waals surface area contributed by atoms with Gasteiger partial charge < -0.3 is 14.7 Å². The summed E-state index contributed by atoms with van der Waals surface area (Å²) in [6.45, 7) is 1.78. The van der Waals surface area contributed by atoms with Crippen LogP contribution in [0, 0.1) is 0 Å². The number of H-pyrrole nitrogens is 1. The number of nitrogens with zero attached hydrogens (tertiary/aromatic N) is 3. The van der Waals surface area contributed by atoms with E-state index in [-0.39, 0.29) is 6.04 Å². The van der Waals surface area contributed by atoms with Gasteiger partial charge in [-0.05, 0) is 12.5 Å². The molecule has 2 aromatic heterocycles. The molecule has 100 valence electrons. The molecule has 5 heteroatoms. The second-order valence-corrected chi connectivity index (χ2v) is 5.26. The third kappa shape index (κ3) is 1.35. The molecule has 4 rings (SSSR count). The molecular weight excluding hydrogens is 252 g/mol. The van der Waals surface area contributed by atoms with Crippen molar-refractivity contribution in [1.82, 2.24) is 19.5 Å². The Balaban J connectivity index is 1.95. The first-order chi connectivity index (χ1) is 9.69. The van der Waals surface area contributed by atoms with Crippen LogP contribution in [-0.4, -0.2) is 24.6 Å². The maximum absolute atomic E-state index is 11.0. The Bertz CT molecular complexity index is 758. The zero-order valence-corrected chi connectivity index (χ0v) is 11.0. The highest BCUT2D eigenvalue weighted by molar-refractivity contribution is 5.69. The first-order valence-corrected chi connectivity index (χ1v) is 6.53. The van der Waals surface area contributed by atoms with E-state index in [0.29, 0.717) is 5.82 Å². The molecule has 0 aliphatic carbocycles. The first kappa shape index (κ1) is 11.4. The summed E-state index contributed by atoms with van der Waals surface area (Å²) in [6.07, 6.45) is 6.97. The monoisotopic (exact) mass is 266 g/mol. The highest BCUT2D eigenvalue weighted by Crippen LogP contribution is 2.46. The number of hydrogen-bond donors (Lipinski definition) is 2. The van der Waals surface area contributed by atoms with E-state index in [1.807, 2.05) is 29.0 Å². The third-order valence-corrected chi connectivity index (χ3v) is 3.99. The number of aromatic amines is 1. The summed E-state index contributed by atoms with van der Waals surface area (Å²) in [4.78, 5) is 11.4. The van der Waals surface area contributed by atoms with Gasteiger partial charge in [-0.25, -0.2) is 9.97 Å². The number of benzene rings is 1. The SMILES string of the molecule is C[C@@](O)(c1ncc[nH]1)[C@@H]1c2ccccc2-c2cncn21. The third-order valence-electron chi connectivity index (χ3n) is 3.99. The van der Waals surface area contributed by atoms with E-state index in [4.69, 9.17) is 0 Å². The summed E-state index contributed by atoms with van der Waals surface area (Å²) >= 11 is 0. The first-order valence-electron chi connectivity index (χ1n) is 6.53. The lowest BCUT2D eigenvalue weighted by atomic mass is 9.89. The fraction of sp³-hybridized carbons (Fsp3) is 0.200. The quantitative estimate of drug-likeness (QED) is 0.746. The highest BCUT2D eigenvalue weighted by Gasteiger charge is 2.43. The molecule has 2 atom stereocenters. The van der Waals surface area contributed by atoms with Crippen molar-refractivity contribution in [3.8, 4) is 11.3 Å². The molecule has 20 heavy (non-hydrogen) atoms. The molecule has 0 unspecified atom stereocenters. The minimum atomic E-state index is -1.13. The predicted molar refractivity (Wildman–Crippen MR) is 74.0 cm³/mol. The molecular formula is C15H14N4O. The summed E-state index contributed by atoms with van der Waals surface area (Å²) in [6, 6.07) is 7.86. The molecule has 0 fully saturated rings. The van der Waals surface area contributed by atoms with Crippen LogP contribution in [0.2, 0.25) is 0 Å². The normalized spacial score (nSPS) is 19.4. The largest absolute Gasteiger partial charge is 0.380 e. The molecule has 0 saturated carbocycles. The van der Waals surface area contributed by atoms with Gasteiger partial charge in [-0.3, -0.25) is 0 Å². The summed E-state index contributed by atoms with van der Waals surface area (Å²) in [5.41, 5.74) is 2.09.